The summed E-state index contributed by atoms with van der Waals surface area (Å²) in [5.41, 5.74) is 0.00337. The molecule has 0 amide bonds. The summed E-state index contributed by atoms with van der Waals surface area (Å²) in [4.78, 5) is 0. The van der Waals surface area contributed by atoms with E-state index in [-0.39, 0.29) is 5.60 Å². The van der Waals surface area contributed by atoms with E-state index in [4.69, 9.17) is 0 Å². The van der Waals surface area contributed by atoms with Crippen molar-refractivity contribution in [3.63, 3.8) is 0 Å². The van der Waals surface area contributed by atoms with Crippen molar-refractivity contribution < 1.29 is 5.11 Å². The van der Waals surface area contributed by atoms with Gasteiger partial charge in [-0.3, -0.25) is 0 Å². The molecule has 2 unspecified atom stereocenters. The maximum atomic E-state index is 10.6. The fraction of sp³-hybridized carbons (Fsp3) is 1.00. The molecule has 1 aliphatic rings. The number of hydrogen-bond donors (Lipinski definition) is 1. The van der Waals surface area contributed by atoms with Crippen LogP contribution in [-0.2, 0) is 0 Å². The Morgan fingerprint density at radius 2 is 1.88 bits per heavy atom. The van der Waals surface area contributed by atoms with Crippen LogP contribution in [-0.4, -0.2) is 10.7 Å². The SMILES string of the molecule is CCC1CCCC(O)(CCC(C)(C)C)CC1. The summed E-state index contributed by atoms with van der Waals surface area (Å²) < 4.78 is 0. The summed E-state index contributed by atoms with van der Waals surface area (Å²) in [6.07, 6.45) is 9.26. The number of rotatable bonds is 3. The van der Waals surface area contributed by atoms with E-state index in [1.54, 1.807) is 0 Å². The Kier molecular flexibility index (Phi) is 4.85. The van der Waals surface area contributed by atoms with Gasteiger partial charge in [0.1, 0.15) is 0 Å². The summed E-state index contributed by atoms with van der Waals surface area (Å²) in [6.45, 7) is 9.08. The zero-order chi connectivity index (χ0) is 12.2. The highest BCUT2D eigenvalue weighted by molar-refractivity contribution is 4.84. The van der Waals surface area contributed by atoms with E-state index in [9.17, 15) is 5.11 Å². The minimum atomic E-state index is -0.350. The molecule has 1 N–H and O–H groups in total. The first-order valence-corrected chi connectivity index (χ1v) is 7.07. The Morgan fingerprint density at radius 3 is 2.44 bits per heavy atom. The van der Waals surface area contributed by atoms with Gasteiger partial charge in [0, 0.05) is 0 Å². The third-order valence-electron chi connectivity index (χ3n) is 4.19. The van der Waals surface area contributed by atoms with Crippen molar-refractivity contribution in [2.45, 2.75) is 84.7 Å². The lowest BCUT2D eigenvalue weighted by molar-refractivity contribution is 0.00573. The first kappa shape index (κ1) is 14.0. The van der Waals surface area contributed by atoms with Crippen LogP contribution in [0, 0.1) is 11.3 Å². The van der Waals surface area contributed by atoms with Crippen LogP contribution in [0.1, 0.15) is 79.1 Å². The second-order valence-electron chi connectivity index (χ2n) is 6.99. The zero-order valence-corrected chi connectivity index (χ0v) is 11.7. The van der Waals surface area contributed by atoms with Crippen molar-refractivity contribution in [1.82, 2.24) is 0 Å². The Morgan fingerprint density at radius 1 is 1.19 bits per heavy atom. The molecule has 96 valence electrons. The monoisotopic (exact) mass is 226 g/mol. The normalized spacial score (nSPS) is 32.4. The van der Waals surface area contributed by atoms with E-state index in [2.05, 4.69) is 27.7 Å². The summed E-state index contributed by atoms with van der Waals surface area (Å²) in [5.74, 6) is 0.865. The van der Waals surface area contributed by atoms with Crippen molar-refractivity contribution >= 4 is 0 Å². The molecule has 1 nitrogen and oxygen atoms in total. The predicted octanol–water partition coefficient (Wildman–Crippen LogP) is 4.53. The second kappa shape index (κ2) is 5.53. The average molecular weight is 226 g/mol. The first-order chi connectivity index (χ1) is 7.35. The lowest BCUT2D eigenvalue weighted by atomic mass is 9.81. The minimum absolute atomic E-state index is 0.350. The largest absolute Gasteiger partial charge is 0.390 e. The van der Waals surface area contributed by atoms with E-state index in [0.29, 0.717) is 5.41 Å². The maximum absolute atomic E-state index is 10.6. The lowest BCUT2D eigenvalue weighted by Crippen LogP contribution is -2.29. The minimum Gasteiger partial charge on any atom is -0.390 e. The van der Waals surface area contributed by atoms with Crippen molar-refractivity contribution in [3.05, 3.63) is 0 Å². The molecule has 0 spiro atoms. The van der Waals surface area contributed by atoms with Gasteiger partial charge in [0.05, 0.1) is 5.60 Å². The van der Waals surface area contributed by atoms with Gasteiger partial charge in [0.25, 0.3) is 0 Å². The molecule has 1 fully saturated rings. The summed E-state index contributed by atoms with van der Waals surface area (Å²) in [5, 5.41) is 10.6. The summed E-state index contributed by atoms with van der Waals surface area (Å²) in [7, 11) is 0. The molecule has 0 aliphatic heterocycles. The molecule has 1 heteroatoms. The van der Waals surface area contributed by atoms with Gasteiger partial charge in [-0.05, 0) is 43.4 Å². The molecule has 0 aromatic rings. The van der Waals surface area contributed by atoms with E-state index < -0.39 is 0 Å². The van der Waals surface area contributed by atoms with Gasteiger partial charge < -0.3 is 5.11 Å². The van der Waals surface area contributed by atoms with E-state index in [1.807, 2.05) is 0 Å². The quantitative estimate of drug-likeness (QED) is 0.701. The van der Waals surface area contributed by atoms with E-state index in [1.165, 1.54) is 25.7 Å². The van der Waals surface area contributed by atoms with Crippen LogP contribution >= 0.6 is 0 Å². The molecule has 1 rings (SSSR count). The fourth-order valence-electron chi connectivity index (χ4n) is 2.73. The van der Waals surface area contributed by atoms with Crippen molar-refractivity contribution in [1.29, 1.82) is 0 Å². The van der Waals surface area contributed by atoms with Gasteiger partial charge >= 0.3 is 0 Å². The van der Waals surface area contributed by atoms with Crippen LogP contribution in [0.5, 0.6) is 0 Å². The van der Waals surface area contributed by atoms with Crippen LogP contribution < -0.4 is 0 Å². The maximum Gasteiger partial charge on any atom is 0.0648 e. The topological polar surface area (TPSA) is 20.2 Å². The van der Waals surface area contributed by atoms with Crippen LogP contribution in [0.15, 0.2) is 0 Å². The van der Waals surface area contributed by atoms with Crippen molar-refractivity contribution in [3.8, 4) is 0 Å². The molecule has 0 saturated heterocycles. The Balaban J connectivity index is 2.44. The van der Waals surface area contributed by atoms with Crippen LogP contribution in [0.25, 0.3) is 0 Å². The third-order valence-corrected chi connectivity index (χ3v) is 4.19. The molecule has 0 heterocycles. The smallest absolute Gasteiger partial charge is 0.0648 e. The first-order valence-electron chi connectivity index (χ1n) is 7.07. The number of aliphatic hydroxyl groups is 1. The van der Waals surface area contributed by atoms with Crippen LogP contribution in [0.3, 0.4) is 0 Å². The Labute approximate surface area is 102 Å². The molecular formula is C15H30O. The van der Waals surface area contributed by atoms with Crippen LogP contribution in [0.4, 0.5) is 0 Å². The average Bonchev–Trinajstić information content (AvgIpc) is 2.37. The molecule has 1 saturated carbocycles. The lowest BCUT2D eigenvalue weighted by Gasteiger charge is -2.30. The summed E-state index contributed by atoms with van der Waals surface area (Å²) in [6, 6.07) is 0. The second-order valence-corrected chi connectivity index (χ2v) is 6.99. The van der Waals surface area contributed by atoms with Crippen molar-refractivity contribution in [2.75, 3.05) is 0 Å². The van der Waals surface area contributed by atoms with Gasteiger partial charge in [-0.2, -0.15) is 0 Å². The molecule has 0 aromatic carbocycles. The molecule has 0 bridgehead atoms. The van der Waals surface area contributed by atoms with Gasteiger partial charge in [-0.25, -0.2) is 0 Å². The van der Waals surface area contributed by atoms with E-state index >= 15 is 0 Å². The van der Waals surface area contributed by atoms with Gasteiger partial charge in [-0.1, -0.05) is 47.0 Å². The Bertz CT molecular complexity index is 204. The van der Waals surface area contributed by atoms with Gasteiger partial charge in [-0.15, -0.1) is 0 Å². The predicted molar refractivity (Wildman–Crippen MR) is 70.5 cm³/mol. The van der Waals surface area contributed by atoms with Crippen LogP contribution in [0.2, 0.25) is 0 Å². The highest BCUT2D eigenvalue weighted by Crippen LogP contribution is 2.37. The highest BCUT2D eigenvalue weighted by Gasteiger charge is 2.31. The number of hydrogen-bond acceptors (Lipinski definition) is 1. The Hall–Kier alpha value is -0.0400. The third kappa shape index (κ3) is 4.86. The standard InChI is InChI=1S/C15H30O/c1-5-13-7-6-9-15(16,10-8-13)12-11-14(2,3)4/h13,16H,5-12H2,1-4H3. The zero-order valence-electron chi connectivity index (χ0n) is 11.7. The summed E-state index contributed by atoms with van der Waals surface area (Å²) >= 11 is 0. The molecule has 2 atom stereocenters. The van der Waals surface area contributed by atoms with Gasteiger partial charge in [0.15, 0.2) is 0 Å². The highest BCUT2D eigenvalue weighted by atomic mass is 16.3. The van der Waals surface area contributed by atoms with Crippen molar-refractivity contribution in [2.24, 2.45) is 11.3 Å². The molecular weight excluding hydrogens is 196 g/mol. The molecule has 0 radical (unpaired) electrons. The van der Waals surface area contributed by atoms with Gasteiger partial charge in [0.2, 0.25) is 0 Å². The molecule has 1 aliphatic carbocycles. The molecule has 0 aromatic heterocycles. The molecule has 16 heavy (non-hydrogen) atoms. The van der Waals surface area contributed by atoms with E-state index in [0.717, 1.165) is 31.6 Å². The fourth-order valence-corrected chi connectivity index (χ4v) is 2.73.